The van der Waals surface area contributed by atoms with E-state index >= 15 is 4.39 Å². The molecule has 4 aliphatic carbocycles. The van der Waals surface area contributed by atoms with Gasteiger partial charge in [0.15, 0.2) is 17.2 Å². The lowest BCUT2D eigenvalue weighted by Gasteiger charge is -2.61. The zero-order valence-corrected chi connectivity index (χ0v) is 19.6. The summed E-state index contributed by atoms with van der Waals surface area (Å²) in [5.74, 6) is -5.86. The average Bonchev–Trinajstić information content (AvgIpc) is 3.39. The Kier molecular flexibility index (Phi) is 4.88. The Balaban J connectivity index is 1.63. The van der Waals surface area contributed by atoms with Crippen molar-refractivity contribution in [2.75, 3.05) is 0 Å². The van der Waals surface area contributed by atoms with Crippen LogP contribution >= 0.6 is 0 Å². The van der Waals surface area contributed by atoms with Crippen LogP contribution in [0, 0.1) is 28.6 Å². The summed E-state index contributed by atoms with van der Waals surface area (Å²) in [5.41, 5.74) is -7.32. The van der Waals surface area contributed by atoms with Crippen molar-refractivity contribution in [1.82, 2.24) is 0 Å². The third-order valence-corrected chi connectivity index (χ3v) is 9.32. The van der Waals surface area contributed by atoms with E-state index in [1.807, 2.05) is 0 Å². The van der Waals surface area contributed by atoms with E-state index in [2.05, 4.69) is 0 Å². The first kappa shape index (κ1) is 23.7. The van der Waals surface area contributed by atoms with Gasteiger partial charge < -0.3 is 19.4 Å². The maximum absolute atomic E-state index is 17.2. The number of carbonyl (C=O) groups is 4. The first-order valence-electron chi connectivity index (χ1n) is 11.7. The molecule has 4 aliphatic rings. The number of ketones is 2. The van der Waals surface area contributed by atoms with Crippen LogP contribution in [0.15, 0.2) is 46.6 Å². The first-order valence-corrected chi connectivity index (χ1v) is 11.7. The van der Waals surface area contributed by atoms with Gasteiger partial charge in [0.05, 0.1) is 17.8 Å². The second-order valence-corrected chi connectivity index (χ2v) is 10.8. The number of aliphatic carboxylic acids is 1. The molecule has 0 bridgehead atoms. The Hall–Kier alpha value is -3.07. The van der Waals surface area contributed by atoms with Crippen molar-refractivity contribution in [2.24, 2.45) is 28.6 Å². The minimum atomic E-state index is -2.33. The molecule has 8 atom stereocenters. The van der Waals surface area contributed by atoms with Gasteiger partial charge in [0, 0.05) is 29.2 Å². The summed E-state index contributed by atoms with van der Waals surface area (Å²) in [5, 5.41) is 21.8. The van der Waals surface area contributed by atoms with E-state index in [1.54, 1.807) is 13.8 Å². The number of allylic oxidation sites excluding steroid dienone is 4. The Morgan fingerprint density at radius 2 is 1.94 bits per heavy atom. The summed E-state index contributed by atoms with van der Waals surface area (Å²) >= 11 is 0. The summed E-state index contributed by atoms with van der Waals surface area (Å²) in [7, 11) is 0. The molecule has 0 aromatic carbocycles. The Morgan fingerprint density at radius 1 is 1.23 bits per heavy atom. The molecule has 3 saturated carbocycles. The molecule has 3 fully saturated rings. The highest BCUT2D eigenvalue weighted by Gasteiger charge is 2.78. The number of hydrogen-bond acceptors (Lipinski definition) is 7. The second-order valence-electron chi connectivity index (χ2n) is 10.8. The molecule has 186 valence electrons. The predicted molar refractivity (Wildman–Crippen MR) is 118 cm³/mol. The molecule has 1 heterocycles. The molecule has 0 unspecified atom stereocenters. The summed E-state index contributed by atoms with van der Waals surface area (Å²) in [6.07, 6.45) is 2.82. The number of aliphatic hydroxyl groups is 1. The van der Waals surface area contributed by atoms with Crippen molar-refractivity contribution in [3.8, 4) is 0 Å². The number of carboxylic acids is 1. The van der Waals surface area contributed by atoms with Gasteiger partial charge in [-0.05, 0) is 50.0 Å². The highest BCUT2D eigenvalue weighted by Crippen LogP contribution is 2.71. The number of hydrogen-bond donors (Lipinski definition) is 2. The maximum atomic E-state index is 17.2. The van der Waals surface area contributed by atoms with Gasteiger partial charge >= 0.3 is 11.9 Å². The van der Waals surface area contributed by atoms with Gasteiger partial charge in [-0.2, -0.15) is 0 Å². The molecule has 0 saturated heterocycles. The minimum absolute atomic E-state index is 0.0196. The van der Waals surface area contributed by atoms with E-state index in [0.29, 0.717) is 0 Å². The summed E-state index contributed by atoms with van der Waals surface area (Å²) in [6, 6.07) is 2.82. The van der Waals surface area contributed by atoms with Gasteiger partial charge in [-0.15, -0.1) is 0 Å². The normalized spacial score (nSPS) is 44.2. The van der Waals surface area contributed by atoms with Crippen LogP contribution in [0.4, 0.5) is 4.39 Å². The van der Waals surface area contributed by atoms with Gasteiger partial charge in [-0.1, -0.05) is 19.9 Å². The number of alkyl halides is 1. The fourth-order valence-corrected chi connectivity index (χ4v) is 7.67. The van der Waals surface area contributed by atoms with Crippen LogP contribution in [0.25, 0.3) is 0 Å². The summed E-state index contributed by atoms with van der Waals surface area (Å²) < 4.78 is 28.0. The molecular weight excluding hydrogens is 459 g/mol. The highest BCUT2D eigenvalue weighted by molar-refractivity contribution is 6.10. The quantitative estimate of drug-likeness (QED) is 0.624. The highest BCUT2D eigenvalue weighted by atomic mass is 19.1. The minimum Gasteiger partial charge on any atom is -0.478 e. The standard InChI is InChI=1S/C26H27FO8/c1-13-9-15-16-11-18(29)17-10-14(28)6-7-23(17,2)25(16,27)20(30)12-24(15,3)26(13,22(32)33)35-21(31)19-5-4-8-34-19/h4-8,10,13,15-16,20,30H,9,11-12H2,1-3H3,(H,32,33)/t13-,15+,16+,20+,23+,24+,25+,26+/m1/s1. The first-order chi connectivity index (χ1) is 16.3. The number of ether oxygens (including phenoxy) is 1. The van der Waals surface area contributed by atoms with E-state index in [0.717, 1.165) is 6.08 Å². The number of carboxylic acid groups (broad SMARTS) is 1. The molecular formula is C26H27FO8. The predicted octanol–water partition coefficient (Wildman–Crippen LogP) is 3.06. The molecule has 35 heavy (non-hydrogen) atoms. The van der Waals surface area contributed by atoms with Crippen LogP contribution in [0.2, 0.25) is 0 Å². The Labute approximate surface area is 200 Å². The molecule has 0 amide bonds. The lowest BCUT2D eigenvalue weighted by molar-refractivity contribution is -0.224. The average molecular weight is 486 g/mol. The number of aliphatic hydroxyl groups excluding tert-OH is 1. The molecule has 0 spiro atoms. The topological polar surface area (TPSA) is 131 Å². The molecule has 8 nitrogen and oxygen atoms in total. The van der Waals surface area contributed by atoms with Gasteiger partial charge in [0.2, 0.25) is 11.4 Å². The lowest BCUT2D eigenvalue weighted by Crippen LogP contribution is -2.70. The number of carbonyl (C=O) groups excluding carboxylic acids is 3. The smallest absolute Gasteiger partial charge is 0.375 e. The van der Waals surface area contributed by atoms with Crippen molar-refractivity contribution in [3.63, 3.8) is 0 Å². The summed E-state index contributed by atoms with van der Waals surface area (Å²) in [6.45, 7) is 4.71. The van der Waals surface area contributed by atoms with E-state index < -0.39 is 69.5 Å². The van der Waals surface area contributed by atoms with E-state index in [1.165, 1.54) is 37.5 Å². The van der Waals surface area contributed by atoms with E-state index in [-0.39, 0.29) is 30.6 Å². The van der Waals surface area contributed by atoms with Crippen molar-refractivity contribution >= 4 is 23.5 Å². The molecule has 0 radical (unpaired) electrons. The molecule has 1 aromatic rings. The zero-order valence-electron chi connectivity index (χ0n) is 19.6. The zero-order chi connectivity index (χ0) is 25.6. The van der Waals surface area contributed by atoms with Crippen molar-refractivity contribution in [1.29, 1.82) is 0 Å². The lowest BCUT2D eigenvalue weighted by atomic mass is 9.44. The SMILES string of the molecule is C[C@@H]1C[C@H]2[C@@H]3CC(=O)C4=CC(=O)C=C[C@]4(C)[C@@]3(F)[C@@H](O)C[C@]2(C)[C@@]1(OC(=O)c1ccco1)C(=O)O. The Morgan fingerprint density at radius 3 is 2.57 bits per heavy atom. The van der Waals surface area contributed by atoms with Crippen molar-refractivity contribution < 1.29 is 42.9 Å². The number of Topliss-reactive ketones (excluding diaryl/α,β-unsaturated/α-hetero) is 1. The van der Waals surface area contributed by atoms with E-state index in [9.17, 15) is 29.4 Å². The van der Waals surface area contributed by atoms with Crippen LogP contribution in [-0.4, -0.2) is 51.1 Å². The van der Waals surface area contributed by atoms with Crippen LogP contribution in [0.1, 0.15) is 50.6 Å². The summed E-state index contributed by atoms with van der Waals surface area (Å²) in [4.78, 5) is 50.8. The van der Waals surface area contributed by atoms with Crippen molar-refractivity contribution in [3.05, 3.63) is 48.0 Å². The largest absolute Gasteiger partial charge is 0.478 e. The second kappa shape index (κ2) is 7.22. The number of fused-ring (bicyclic) bond motifs is 5. The number of halogens is 1. The third-order valence-electron chi connectivity index (χ3n) is 9.32. The van der Waals surface area contributed by atoms with Gasteiger partial charge in [0.1, 0.15) is 0 Å². The molecule has 2 N–H and O–H groups in total. The van der Waals surface area contributed by atoms with E-state index in [4.69, 9.17) is 9.15 Å². The number of rotatable bonds is 3. The van der Waals surface area contributed by atoms with Crippen LogP contribution < -0.4 is 0 Å². The fourth-order valence-electron chi connectivity index (χ4n) is 7.67. The molecule has 0 aliphatic heterocycles. The third kappa shape index (κ3) is 2.70. The molecule has 9 heteroatoms. The maximum Gasteiger partial charge on any atom is 0.375 e. The monoisotopic (exact) mass is 486 g/mol. The van der Waals surface area contributed by atoms with Crippen LogP contribution in [0.3, 0.4) is 0 Å². The van der Waals surface area contributed by atoms with Crippen LogP contribution in [0.5, 0.6) is 0 Å². The molecule has 1 aromatic heterocycles. The van der Waals surface area contributed by atoms with Crippen molar-refractivity contribution in [2.45, 2.75) is 57.4 Å². The van der Waals surface area contributed by atoms with Gasteiger partial charge in [-0.3, -0.25) is 9.59 Å². The van der Waals surface area contributed by atoms with Gasteiger partial charge in [-0.25, -0.2) is 14.0 Å². The fraction of sp³-hybridized carbons (Fsp3) is 0.538. The number of furan rings is 1. The number of esters is 1. The van der Waals surface area contributed by atoms with Crippen LogP contribution in [-0.2, 0) is 19.1 Å². The Bertz CT molecular complexity index is 1200. The van der Waals surface area contributed by atoms with Gasteiger partial charge in [0.25, 0.3) is 0 Å². The molecule has 5 rings (SSSR count).